The lowest BCUT2D eigenvalue weighted by Gasteiger charge is -2.01. The highest BCUT2D eigenvalue weighted by atomic mass is 79.9. The van der Waals surface area contributed by atoms with E-state index in [1.54, 1.807) is 31.2 Å². The minimum absolute atomic E-state index is 0.265. The molecule has 0 aliphatic carbocycles. The number of imidazole rings is 1. The van der Waals surface area contributed by atoms with E-state index in [4.69, 9.17) is 5.73 Å². The van der Waals surface area contributed by atoms with E-state index in [1.807, 2.05) is 6.07 Å². The smallest absolute Gasteiger partial charge is 0.141 e. The van der Waals surface area contributed by atoms with Crippen molar-refractivity contribution < 1.29 is 4.39 Å². The molecule has 3 nitrogen and oxygen atoms in total. The van der Waals surface area contributed by atoms with Gasteiger partial charge < -0.3 is 10.7 Å². The number of nitrogens with zero attached hydrogens (tertiary/aromatic N) is 1. The Bertz CT molecular complexity index is 780. The molecule has 0 atom stereocenters. The predicted molar refractivity (Wildman–Crippen MR) is 78.3 cm³/mol. The third-order valence-corrected chi connectivity index (χ3v) is 3.49. The normalized spacial score (nSPS) is 11.1. The minimum Gasteiger partial charge on any atom is -0.397 e. The van der Waals surface area contributed by atoms with E-state index < -0.39 is 0 Å². The Morgan fingerprint density at radius 2 is 2.11 bits per heavy atom. The number of anilines is 1. The summed E-state index contributed by atoms with van der Waals surface area (Å²) in [6, 6.07) is 8.88. The van der Waals surface area contributed by atoms with Crippen molar-refractivity contribution >= 4 is 32.7 Å². The Labute approximate surface area is 117 Å². The van der Waals surface area contributed by atoms with E-state index in [0.717, 1.165) is 9.99 Å². The summed E-state index contributed by atoms with van der Waals surface area (Å²) in [6.45, 7) is 1.73. The number of H-pyrrole nitrogens is 1. The molecule has 0 amide bonds. The lowest BCUT2D eigenvalue weighted by molar-refractivity contribution is 0.621. The molecule has 5 heteroatoms. The average Bonchev–Trinajstić information content (AvgIpc) is 2.76. The van der Waals surface area contributed by atoms with Gasteiger partial charge in [-0.2, -0.15) is 0 Å². The Hall–Kier alpha value is -1.88. The van der Waals surface area contributed by atoms with Gasteiger partial charge in [-0.1, -0.05) is 28.1 Å². The number of halogens is 2. The number of nitrogens with one attached hydrogen (secondary N) is 1. The van der Waals surface area contributed by atoms with Crippen LogP contribution in [-0.2, 0) is 0 Å². The van der Waals surface area contributed by atoms with Gasteiger partial charge in [0.05, 0.1) is 16.8 Å². The molecule has 0 aliphatic heterocycles. The van der Waals surface area contributed by atoms with Crippen LogP contribution >= 0.6 is 15.9 Å². The summed E-state index contributed by atoms with van der Waals surface area (Å²) in [5.41, 5.74) is 8.94. The van der Waals surface area contributed by atoms with Crippen LogP contribution in [0.5, 0.6) is 0 Å². The van der Waals surface area contributed by atoms with E-state index in [-0.39, 0.29) is 5.82 Å². The van der Waals surface area contributed by atoms with Crippen LogP contribution in [0.3, 0.4) is 0 Å². The number of aromatic nitrogens is 2. The van der Waals surface area contributed by atoms with Gasteiger partial charge in [-0.15, -0.1) is 0 Å². The van der Waals surface area contributed by atoms with Crippen LogP contribution < -0.4 is 5.73 Å². The summed E-state index contributed by atoms with van der Waals surface area (Å²) in [7, 11) is 0. The van der Waals surface area contributed by atoms with E-state index in [9.17, 15) is 4.39 Å². The van der Waals surface area contributed by atoms with Crippen molar-refractivity contribution in [2.45, 2.75) is 6.92 Å². The van der Waals surface area contributed by atoms with Gasteiger partial charge >= 0.3 is 0 Å². The molecule has 96 valence electrons. The summed E-state index contributed by atoms with van der Waals surface area (Å²) in [6.07, 6.45) is 0. The summed E-state index contributed by atoms with van der Waals surface area (Å²) in [5.74, 6) is 0.222. The van der Waals surface area contributed by atoms with Crippen LogP contribution in [0.1, 0.15) is 5.56 Å². The first-order chi connectivity index (χ1) is 9.06. The molecule has 0 aliphatic rings. The quantitative estimate of drug-likeness (QED) is 0.665. The zero-order valence-electron chi connectivity index (χ0n) is 10.2. The van der Waals surface area contributed by atoms with Crippen LogP contribution in [0, 0.1) is 12.7 Å². The fraction of sp³-hybridized carbons (Fsp3) is 0.0714. The van der Waals surface area contributed by atoms with Gasteiger partial charge in [-0.25, -0.2) is 9.37 Å². The van der Waals surface area contributed by atoms with Gasteiger partial charge in [-0.3, -0.25) is 0 Å². The van der Waals surface area contributed by atoms with Gasteiger partial charge in [0.2, 0.25) is 0 Å². The van der Waals surface area contributed by atoms with Crippen molar-refractivity contribution in [2.75, 3.05) is 5.73 Å². The Morgan fingerprint density at radius 1 is 1.32 bits per heavy atom. The molecule has 0 radical (unpaired) electrons. The first-order valence-electron chi connectivity index (χ1n) is 5.76. The largest absolute Gasteiger partial charge is 0.397 e. The molecule has 0 bridgehead atoms. The molecule has 0 spiro atoms. The maximum atomic E-state index is 14.1. The van der Waals surface area contributed by atoms with E-state index >= 15 is 0 Å². The molecule has 3 rings (SSSR count). The van der Waals surface area contributed by atoms with Crippen LogP contribution in [0.15, 0.2) is 34.8 Å². The van der Waals surface area contributed by atoms with E-state index in [2.05, 4.69) is 25.9 Å². The Morgan fingerprint density at radius 3 is 2.89 bits per heavy atom. The highest BCUT2D eigenvalue weighted by Gasteiger charge is 2.13. The zero-order chi connectivity index (χ0) is 13.6. The average molecular weight is 320 g/mol. The summed E-state index contributed by atoms with van der Waals surface area (Å²) >= 11 is 3.37. The molecule has 3 N–H and O–H groups in total. The summed E-state index contributed by atoms with van der Waals surface area (Å²) < 4.78 is 15.0. The molecule has 1 aromatic heterocycles. The highest BCUT2D eigenvalue weighted by Crippen LogP contribution is 2.29. The van der Waals surface area contributed by atoms with Crippen LogP contribution in [0.4, 0.5) is 10.1 Å². The SMILES string of the molecule is Cc1cccc(-c2nc3c(N)cc(Br)cc3[nH]2)c1F. The fourth-order valence-corrected chi connectivity index (χ4v) is 2.54. The van der Waals surface area contributed by atoms with Gasteiger partial charge in [0, 0.05) is 4.47 Å². The van der Waals surface area contributed by atoms with Crippen molar-refractivity contribution in [3.63, 3.8) is 0 Å². The van der Waals surface area contributed by atoms with Crippen molar-refractivity contribution in [1.82, 2.24) is 9.97 Å². The molecule has 0 saturated heterocycles. The number of fused-ring (bicyclic) bond motifs is 1. The van der Waals surface area contributed by atoms with Crippen molar-refractivity contribution in [3.8, 4) is 11.4 Å². The number of nitrogen functional groups attached to an aromatic ring is 1. The third kappa shape index (κ3) is 2.00. The fourth-order valence-electron chi connectivity index (χ4n) is 2.07. The van der Waals surface area contributed by atoms with Gasteiger partial charge in [-0.05, 0) is 30.7 Å². The highest BCUT2D eigenvalue weighted by molar-refractivity contribution is 9.10. The second-order valence-electron chi connectivity index (χ2n) is 4.41. The second kappa shape index (κ2) is 4.35. The topological polar surface area (TPSA) is 54.7 Å². The third-order valence-electron chi connectivity index (χ3n) is 3.03. The zero-order valence-corrected chi connectivity index (χ0v) is 11.8. The monoisotopic (exact) mass is 319 g/mol. The van der Waals surface area contributed by atoms with Crippen molar-refractivity contribution in [1.29, 1.82) is 0 Å². The van der Waals surface area contributed by atoms with Crippen molar-refractivity contribution in [3.05, 3.63) is 46.2 Å². The molecule has 2 aromatic carbocycles. The molecule has 0 fully saturated rings. The van der Waals surface area contributed by atoms with Crippen LogP contribution in [0.25, 0.3) is 22.4 Å². The Kier molecular flexibility index (Phi) is 2.78. The van der Waals surface area contributed by atoms with Crippen LogP contribution in [0.2, 0.25) is 0 Å². The van der Waals surface area contributed by atoms with E-state index in [0.29, 0.717) is 28.2 Å². The standard InChI is InChI=1S/C14H11BrFN3/c1-7-3-2-4-9(12(7)16)14-18-11-6-8(15)5-10(17)13(11)19-14/h2-6H,17H2,1H3,(H,18,19). The lowest BCUT2D eigenvalue weighted by Crippen LogP contribution is -1.89. The number of benzene rings is 2. The van der Waals surface area contributed by atoms with Crippen molar-refractivity contribution in [2.24, 2.45) is 0 Å². The first kappa shape index (κ1) is 12.2. The summed E-state index contributed by atoms with van der Waals surface area (Å²) in [4.78, 5) is 7.48. The number of aromatic amines is 1. The number of rotatable bonds is 1. The molecule has 19 heavy (non-hydrogen) atoms. The molecular formula is C14H11BrFN3. The van der Waals surface area contributed by atoms with Crippen LogP contribution in [-0.4, -0.2) is 9.97 Å². The molecular weight excluding hydrogens is 309 g/mol. The number of hydrogen-bond donors (Lipinski definition) is 2. The molecule has 0 unspecified atom stereocenters. The second-order valence-corrected chi connectivity index (χ2v) is 5.33. The maximum absolute atomic E-state index is 14.1. The maximum Gasteiger partial charge on any atom is 0.141 e. The predicted octanol–water partition coefficient (Wildman–Crippen LogP) is 4.02. The number of nitrogens with two attached hydrogens (primary N) is 1. The molecule has 3 aromatic rings. The van der Waals surface area contributed by atoms with Gasteiger partial charge in [0.25, 0.3) is 0 Å². The Balaban J connectivity index is 2.26. The van der Waals surface area contributed by atoms with E-state index in [1.165, 1.54) is 0 Å². The molecule has 1 heterocycles. The number of hydrogen-bond acceptors (Lipinski definition) is 2. The summed E-state index contributed by atoms with van der Waals surface area (Å²) in [5, 5.41) is 0. The molecule has 0 saturated carbocycles. The van der Waals surface area contributed by atoms with Gasteiger partial charge in [0.1, 0.15) is 17.2 Å². The first-order valence-corrected chi connectivity index (χ1v) is 6.56. The minimum atomic E-state index is -0.265. The lowest BCUT2D eigenvalue weighted by atomic mass is 10.1. The number of aryl methyl sites for hydroxylation is 1. The van der Waals surface area contributed by atoms with Gasteiger partial charge in [0.15, 0.2) is 0 Å².